The molecule has 29 heavy (non-hydrogen) atoms. The van der Waals surface area contributed by atoms with Gasteiger partial charge in [-0.2, -0.15) is 5.26 Å². The van der Waals surface area contributed by atoms with Crippen LogP contribution < -0.4 is 21.2 Å². The quantitative estimate of drug-likeness (QED) is 0.328. The van der Waals surface area contributed by atoms with Gasteiger partial charge < -0.3 is 10.2 Å². The Morgan fingerprint density at radius 3 is 2.90 bits per heavy atom. The predicted octanol–water partition coefficient (Wildman–Crippen LogP) is 5.04. The van der Waals surface area contributed by atoms with Gasteiger partial charge in [0.05, 0.1) is 18.2 Å². The van der Waals surface area contributed by atoms with Gasteiger partial charge in [0.2, 0.25) is 0 Å². The molecule has 1 aromatic carbocycles. The van der Waals surface area contributed by atoms with Crippen molar-refractivity contribution in [3.05, 3.63) is 86.8 Å². The number of nitrogens with one attached hydrogen (secondary N) is 3. The summed E-state index contributed by atoms with van der Waals surface area (Å²) in [4.78, 5) is 5.34. The first-order chi connectivity index (χ1) is 13.9. The van der Waals surface area contributed by atoms with Gasteiger partial charge in [-0.15, -0.1) is 0 Å². The molecule has 1 aromatic rings. The van der Waals surface area contributed by atoms with Gasteiger partial charge in [-0.25, -0.2) is 9.82 Å². The Kier molecular flexibility index (Phi) is 9.45. The minimum absolute atomic E-state index is 0.0538. The molecule has 3 N–H and O–H groups in total. The third kappa shape index (κ3) is 7.69. The van der Waals surface area contributed by atoms with Gasteiger partial charge >= 0.3 is 0 Å². The van der Waals surface area contributed by atoms with Crippen molar-refractivity contribution in [1.29, 1.82) is 5.26 Å². The molecule has 5 nitrogen and oxygen atoms in total. The van der Waals surface area contributed by atoms with Crippen molar-refractivity contribution >= 4 is 39.1 Å². The third-order valence-corrected chi connectivity index (χ3v) is 4.76. The molecule has 1 unspecified atom stereocenters. The minimum Gasteiger partial charge on any atom is -0.394 e. The number of benzene rings is 1. The van der Waals surface area contributed by atoms with Crippen LogP contribution in [0.4, 0.5) is 4.39 Å². The second-order valence-corrected chi connectivity index (χ2v) is 7.77. The number of nitrogens with zero attached hydrogens (tertiary/aromatic N) is 1. The monoisotopic (exact) mass is 498 g/mol. The van der Waals surface area contributed by atoms with Crippen molar-refractivity contribution in [2.45, 2.75) is 12.5 Å². The molecule has 1 aliphatic rings. The van der Waals surface area contributed by atoms with E-state index in [0.717, 1.165) is 16.2 Å². The van der Waals surface area contributed by atoms with Crippen LogP contribution in [0.2, 0.25) is 0 Å². The standard InChI is InChI=1S/C20H18BrCl2FN4O/c1-2-3-15(22)8-14(21)9-20(19-7-5-16(23)12-26-19)27-28-29-17-6-4-13(11-25)18(24)10-17/h2-8,10,20,26-28H,1,9,12H2/b14-8+,15-3+. The van der Waals surface area contributed by atoms with E-state index < -0.39 is 5.82 Å². The molecule has 0 saturated heterocycles. The fourth-order valence-corrected chi connectivity index (χ4v) is 3.39. The summed E-state index contributed by atoms with van der Waals surface area (Å²) in [6.45, 7) is 4.11. The summed E-state index contributed by atoms with van der Waals surface area (Å²) in [7, 11) is 0. The molecular weight excluding hydrogens is 482 g/mol. The maximum Gasteiger partial charge on any atom is 0.152 e. The highest BCUT2D eigenvalue weighted by atomic mass is 79.9. The normalized spacial score (nSPS) is 15.6. The smallest absolute Gasteiger partial charge is 0.152 e. The molecule has 152 valence electrons. The van der Waals surface area contributed by atoms with Crippen LogP contribution >= 0.6 is 39.1 Å². The maximum absolute atomic E-state index is 13.7. The Hall–Kier alpha value is -2.08. The van der Waals surface area contributed by atoms with Crippen LogP contribution in [0.15, 0.2) is 75.4 Å². The molecule has 0 amide bonds. The number of rotatable bonds is 9. The van der Waals surface area contributed by atoms with Crippen LogP contribution in [0, 0.1) is 17.1 Å². The summed E-state index contributed by atoms with van der Waals surface area (Å²) in [5.74, 6) is -0.443. The molecule has 0 bridgehead atoms. The molecule has 9 heteroatoms. The van der Waals surface area contributed by atoms with Gasteiger partial charge in [0.15, 0.2) is 5.75 Å². The van der Waals surface area contributed by atoms with E-state index in [9.17, 15) is 4.39 Å². The average Bonchev–Trinajstić information content (AvgIpc) is 2.68. The fourth-order valence-electron chi connectivity index (χ4n) is 2.34. The number of nitriles is 1. The summed E-state index contributed by atoms with van der Waals surface area (Å²) < 4.78 is 14.5. The minimum atomic E-state index is -0.658. The molecule has 1 atom stereocenters. The molecule has 0 radical (unpaired) electrons. The Labute approximate surface area is 187 Å². The first-order valence-electron chi connectivity index (χ1n) is 8.44. The van der Waals surface area contributed by atoms with Crippen LogP contribution in [-0.2, 0) is 0 Å². The van der Waals surface area contributed by atoms with Gasteiger partial charge in [-0.05, 0) is 40.9 Å². The average molecular weight is 500 g/mol. The van der Waals surface area contributed by atoms with Gasteiger partial charge in [-0.1, -0.05) is 57.4 Å². The van der Waals surface area contributed by atoms with Crippen LogP contribution in [0.3, 0.4) is 0 Å². The lowest BCUT2D eigenvalue weighted by molar-refractivity contribution is 0.136. The molecule has 0 fully saturated rings. The lowest BCUT2D eigenvalue weighted by Crippen LogP contribution is -2.47. The lowest BCUT2D eigenvalue weighted by atomic mass is 10.1. The summed E-state index contributed by atoms with van der Waals surface area (Å²) in [6, 6.07) is 5.46. The Bertz CT molecular complexity index is 922. The molecule has 0 aromatic heterocycles. The van der Waals surface area contributed by atoms with Crippen molar-refractivity contribution in [1.82, 2.24) is 16.3 Å². The zero-order chi connectivity index (χ0) is 21.2. The topological polar surface area (TPSA) is 69.1 Å². The second kappa shape index (κ2) is 11.8. The van der Waals surface area contributed by atoms with Gasteiger partial charge in [0.25, 0.3) is 0 Å². The number of hydrogen-bond acceptors (Lipinski definition) is 5. The Morgan fingerprint density at radius 2 is 2.28 bits per heavy atom. The molecule has 0 saturated carbocycles. The van der Waals surface area contributed by atoms with E-state index in [-0.39, 0.29) is 17.4 Å². The van der Waals surface area contributed by atoms with E-state index in [1.54, 1.807) is 30.4 Å². The Morgan fingerprint density at radius 1 is 1.48 bits per heavy atom. The maximum atomic E-state index is 13.7. The number of dihydropyridines is 1. The zero-order valence-corrected chi connectivity index (χ0v) is 18.3. The zero-order valence-electron chi connectivity index (χ0n) is 15.2. The third-order valence-electron chi connectivity index (χ3n) is 3.71. The van der Waals surface area contributed by atoms with Gasteiger partial charge in [0, 0.05) is 28.2 Å². The fraction of sp³-hybridized carbons (Fsp3) is 0.150. The van der Waals surface area contributed by atoms with Crippen LogP contribution in [0.25, 0.3) is 0 Å². The lowest BCUT2D eigenvalue weighted by Gasteiger charge is -2.25. The highest BCUT2D eigenvalue weighted by molar-refractivity contribution is 9.11. The number of hydrogen-bond donors (Lipinski definition) is 3. The SMILES string of the molecule is C=C/C=C(Cl)\C=C(\Br)CC(NNOc1ccc(C#N)c(F)c1)C1=CC=C(Cl)CN1. The molecule has 0 spiro atoms. The van der Waals surface area contributed by atoms with Crippen molar-refractivity contribution in [2.24, 2.45) is 0 Å². The van der Waals surface area contributed by atoms with Crippen LogP contribution in [-0.4, -0.2) is 12.6 Å². The van der Waals surface area contributed by atoms with E-state index in [1.807, 2.05) is 6.08 Å². The molecule has 2 rings (SSSR count). The molecule has 1 heterocycles. The van der Waals surface area contributed by atoms with Crippen molar-refractivity contribution in [3.63, 3.8) is 0 Å². The summed E-state index contributed by atoms with van der Waals surface area (Å²) in [5.41, 5.74) is 6.45. The van der Waals surface area contributed by atoms with E-state index in [2.05, 4.69) is 38.8 Å². The summed E-state index contributed by atoms with van der Waals surface area (Å²) in [5, 5.41) is 13.2. The first-order valence-corrected chi connectivity index (χ1v) is 9.99. The summed E-state index contributed by atoms with van der Waals surface area (Å²) in [6.07, 6.45) is 9.21. The van der Waals surface area contributed by atoms with Crippen molar-refractivity contribution < 1.29 is 9.23 Å². The van der Waals surface area contributed by atoms with Crippen molar-refractivity contribution in [3.8, 4) is 11.8 Å². The summed E-state index contributed by atoms with van der Waals surface area (Å²) >= 11 is 15.6. The predicted molar refractivity (Wildman–Crippen MR) is 118 cm³/mol. The van der Waals surface area contributed by atoms with E-state index >= 15 is 0 Å². The van der Waals surface area contributed by atoms with Gasteiger partial charge in [0.1, 0.15) is 11.9 Å². The second-order valence-electron chi connectivity index (χ2n) is 5.83. The van der Waals surface area contributed by atoms with E-state index in [0.29, 0.717) is 23.0 Å². The van der Waals surface area contributed by atoms with E-state index in [4.69, 9.17) is 33.3 Å². The number of halogens is 4. The number of hydrazine groups is 1. The first kappa shape index (κ1) is 23.2. The van der Waals surface area contributed by atoms with E-state index in [1.165, 1.54) is 12.1 Å². The molecule has 1 aliphatic heterocycles. The molecule has 0 aliphatic carbocycles. The van der Waals surface area contributed by atoms with Crippen LogP contribution in [0.5, 0.6) is 5.75 Å². The van der Waals surface area contributed by atoms with Crippen LogP contribution in [0.1, 0.15) is 12.0 Å². The highest BCUT2D eigenvalue weighted by Gasteiger charge is 2.17. The number of allylic oxidation sites excluding steroid dienone is 6. The largest absolute Gasteiger partial charge is 0.394 e. The van der Waals surface area contributed by atoms with Crippen molar-refractivity contribution in [2.75, 3.05) is 6.54 Å². The Balaban J connectivity index is 2.07. The van der Waals surface area contributed by atoms with Gasteiger partial charge in [-0.3, -0.25) is 0 Å². The molecular formula is C20H18BrCl2FN4O. The highest BCUT2D eigenvalue weighted by Crippen LogP contribution is 2.22.